The number of ether oxygens (including phenoxy) is 1. The van der Waals surface area contributed by atoms with Gasteiger partial charge in [-0.15, -0.1) is 0 Å². The molecule has 0 amide bonds. The lowest BCUT2D eigenvalue weighted by atomic mass is 9.92. The SMILES string of the molecule is CCOc1cc(C)ccc1NC1CCCc2c1cnn2C. The van der Waals surface area contributed by atoms with Crippen molar-refractivity contribution in [2.45, 2.75) is 39.2 Å². The molecule has 0 aliphatic heterocycles. The lowest BCUT2D eigenvalue weighted by Crippen LogP contribution is -2.18. The average Bonchev–Trinajstić information content (AvgIpc) is 2.85. The van der Waals surface area contributed by atoms with E-state index in [-0.39, 0.29) is 0 Å². The molecule has 1 atom stereocenters. The van der Waals surface area contributed by atoms with Crippen LogP contribution in [0.25, 0.3) is 0 Å². The molecule has 0 saturated heterocycles. The van der Waals surface area contributed by atoms with E-state index in [9.17, 15) is 0 Å². The zero-order valence-corrected chi connectivity index (χ0v) is 13.0. The van der Waals surface area contributed by atoms with Crippen LogP contribution < -0.4 is 10.1 Å². The molecular formula is C17H23N3O. The zero-order chi connectivity index (χ0) is 14.8. The second-order valence-corrected chi connectivity index (χ2v) is 5.69. The third-order valence-electron chi connectivity index (χ3n) is 4.14. The molecule has 3 rings (SSSR count). The van der Waals surface area contributed by atoms with Crippen LogP contribution in [0, 0.1) is 6.92 Å². The largest absolute Gasteiger partial charge is 0.492 e. The first-order chi connectivity index (χ1) is 10.2. The molecule has 4 heteroatoms. The van der Waals surface area contributed by atoms with Gasteiger partial charge in [0.15, 0.2) is 0 Å². The van der Waals surface area contributed by atoms with Crippen LogP contribution in [0.2, 0.25) is 0 Å². The highest BCUT2D eigenvalue weighted by Gasteiger charge is 2.24. The molecule has 1 aromatic carbocycles. The van der Waals surface area contributed by atoms with Crippen LogP contribution in [0.3, 0.4) is 0 Å². The highest BCUT2D eigenvalue weighted by atomic mass is 16.5. The molecule has 1 N–H and O–H groups in total. The van der Waals surface area contributed by atoms with Crippen LogP contribution in [-0.2, 0) is 13.5 Å². The van der Waals surface area contributed by atoms with Crippen molar-refractivity contribution < 1.29 is 4.74 Å². The third-order valence-corrected chi connectivity index (χ3v) is 4.14. The molecule has 0 saturated carbocycles. The van der Waals surface area contributed by atoms with Gasteiger partial charge in [0.25, 0.3) is 0 Å². The summed E-state index contributed by atoms with van der Waals surface area (Å²) in [6, 6.07) is 6.66. The van der Waals surface area contributed by atoms with Crippen molar-refractivity contribution >= 4 is 5.69 Å². The maximum Gasteiger partial charge on any atom is 0.142 e. The molecule has 2 aromatic rings. The normalized spacial score (nSPS) is 17.4. The summed E-state index contributed by atoms with van der Waals surface area (Å²) in [5, 5.41) is 8.06. The van der Waals surface area contributed by atoms with Gasteiger partial charge in [0.1, 0.15) is 5.75 Å². The van der Waals surface area contributed by atoms with Crippen molar-refractivity contribution in [1.82, 2.24) is 9.78 Å². The Morgan fingerprint density at radius 3 is 3.10 bits per heavy atom. The molecule has 112 valence electrons. The minimum Gasteiger partial charge on any atom is -0.492 e. The van der Waals surface area contributed by atoms with Crippen LogP contribution in [-0.4, -0.2) is 16.4 Å². The van der Waals surface area contributed by atoms with Crippen molar-refractivity contribution in [2.75, 3.05) is 11.9 Å². The summed E-state index contributed by atoms with van der Waals surface area (Å²) >= 11 is 0. The Bertz CT molecular complexity index is 633. The smallest absolute Gasteiger partial charge is 0.142 e. The van der Waals surface area contributed by atoms with Gasteiger partial charge < -0.3 is 10.1 Å². The van der Waals surface area contributed by atoms with E-state index in [4.69, 9.17) is 4.74 Å². The fourth-order valence-electron chi connectivity index (χ4n) is 3.07. The summed E-state index contributed by atoms with van der Waals surface area (Å²) in [7, 11) is 2.03. The quantitative estimate of drug-likeness (QED) is 0.932. The molecule has 0 bridgehead atoms. The molecule has 1 aliphatic carbocycles. The Morgan fingerprint density at radius 1 is 1.43 bits per heavy atom. The van der Waals surface area contributed by atoms with Crippen LogP contribution in [0.5, 0.6) is 5.75 Å². The molecular weight excluding hydrogens is 262 g/mol. The van der Waals surface area contributed by atoms with Crippen LogP contribution in [0.15, 0.2) is 24.4 Å². The number of nitrogens with zero attached hydrogens (tertiary/aromatic N) is 2. The molecule has 0 spiro atoms. The molecule has 21 heavy (non-hydrogen) atoms. The second kappa shape index (κ2) is 5.80. The Kier molecular flexibility index (Phi) is 3.86. The van der Waals surface area contributed by atoms with Gasteiger partial charge in [-0.2, -0.15) is 5.10 Å². The van der Waals surface area contributed by atoms with E-state index >= 15 is 0 Å². The van der Waals surface area contributed by atoms with Gasteiger partial charge in [0, 0.05) is 18.3 Å². The first kappa shape index (κ1) is 14.0. The number of benzene rings is 1. The Labute approximate surface area is 126 Å². The predicted molar refractivity (Wildman–Crippen MR) is 84.9 cm³/mol. The van der Waals surface area contributed by atoms with Crippen molar-refractivity contribution in [3.63, 3.8) is 0 Å². The van der Waals surface area contributed by atoms with E-state index in [0.717, 1.165) is 24.3 Å². The number of aryl methyl sites for hydroxylation is 2. The maximum atomic E-state index is 5.77. The molecule has 1 aliphatic rings. The molecule has 1 heterocycles. The molecule has 0 fully saturated rings. The van der Waals surface area contributed by atoms with Gasteiger partial charge in [-0.3, -0.25) is 4.68 Å². The minimum atomic E-state index is 0.323. The Morgan fingerprint density at radius 2 is 2.29 bits per heavy atom. The topological polar surface area (TPSA) is 39.1 Å². The number of rotatable bonds is 4. The van der Waals surface area contributed by atoms with Crippen molar-refractivity contribution in [2.24, 2.45) is 7.05 Å². The number of aromatic nitrogens is 2. The van der Waals surface area contributed by atoms with E-state index < -0.39 is 0 Å². The van der Waals surface area contributed by atoms with Crippen molar-refractivity contribution in [3.8, 4) is 5.75 Å². The third kappa shape index (κ3) is 2.75. The van der Waals surface area contributed by atoms with E-state index in [0.29, 0.717) is 12.6 Å². The molecule has 0 radical (unpaired) electrons. The summed E-state index contributed by atoms with van der Waals surface area (Å²) in [6.07, 6.45) is 5.45. The molecule has 4 nitrogen and oxygen atoms in total. The van der Waals surface area contributed by atoms with Gasteiger partial charge >= 0.3 is 0 Å². The summed E-state index contributed by atoms with van der Waals surface area (Å²) in [4.78, 5) is 0. The Hall–Kier alpha value is -1.97. The number of fused-ring (bicyclic) bond motifs is 1. The van der Waals surface area contributed by atoms with Crippen LogP contribution in [0.1, 0.15) is 42.6 Å². The van der Waals surface area contributed by atoms with E-state index in [1.807, 2.05) is 24.9 Å². The monoisotopic (exact) mass is 285 g/mol. The van der Waals surface area contributed by atoms with Crippen LogP contribution in [0.4, 0.5) is 5.69 Å². The highest BCUT2D eigenvalue weighted by molar-refractivity contribution is 5.59. The van der Waals surface area contributed by atoms with Crippen molar-refractivity contribution in [1.29, 1.82) is 0 Å². The van der Waals surface area contributed by atoms with Gasteiger partial charge in [-0.1, -0.05) is 6.07 Å². The lowest BCUT2D eigenvalue weighted by Gasteiger charge is -2.26. The van der Waals surface area contributed by atoms with Gasteiger partial charge in [0.2, 0.25) is 0 Å². The van der Waals surface area contributed by atoms with E-state index in [2.05, 4.69) is 35.5 Å². The lowest BCUT2D eigenvalue weighted by molar-refractivity contribution is 0.341. The standard InChI is InChI=1S/C17H23N3O/c1-4-21-17-10-12(2)8-9-15(17)19-14-6-5-7-16-13(14)11-18-20(16)3/h8-11,14,19H,4-7H2,1-3H3. The number of anilines is 1. The fraction of sp³-hybridized carbons (Fsp3) is 0.471. The number of hydrogen-bond acceptors (Lipinski definition) is 3. The number of nitrogens with one attached hydrogen (secondary N) is 1. The minimum absolute atomic E-state index is 0.323. The zero-order valence-electron chi connectivity index (χ0n) is 13.0. The summed E-state index contributed by atoms with van der Waals surface area (Å²) in [5.41, 5.74) is 4.97. The van der Waals surface area contributed by atoms with Gasteiger partial charge in [-0.05, 0) is 50.8 Å². The first-order valence-electron chi connectivity index (χ1n) is 7.69. The van der Waals surface area contributed by atoms with E-state index in [1.54, 1.807) is 0 Å². The second-order valence-electron chi connectivity index (χ2n) is 5.69. The fourth-order valence-corrected chi connectivity index (χ4v) is 3.07. The summed E-state index contributed by atoms with van der Waals surface area (Å²) in [5.74, 6) is 0.938. The average molecular weight is 285 g/mol. The number of hydrogen-bond donors (Lipinski definition) is 1. The summed E-state index contributed by atoms with van der Waals surface area (Å²) < 4.78 is 7.77. The molecule has 1 unspecified atom stereocenters. The first-order valence-corrected chi connectivity index (χ1v) is 7.69. The highest BCUT2D eigenvalue weighted by Crippen LogP contribution is 2.35. The van der Waals surface area contributed by atoms with Crippen LogP contribution >= 0.6 is 0 Å². The summed E-state index contributed by atoms with van der Waals surface area (Å²) in [6.45, 7) is 4.79. The van der Waals surface area contributed by atoms with Crippen molar-refractivity contribution in [3.05, 3.63) is 41.2 Å². The maximum absolute atomic E-state index is 5.77. The van der Waals surface area contributed by atoms with Gasteiger partial charge in [-0.25, -0.2) is 0 Å². The van der Waals surface area contributed by atoms with E-state index in [1.165, 1.54) is 23.2 Å². The predicted octanol–water partition coefficient (Wildman–Crippen LogP) is 3.62. The van der Waals surface area contributed by atoms with Gasteiger partial charge in [0.05, 0.1) is 24.5 Å². The molecule has 1 aromatic heterocycles. The Balaban J connectivity index is 1.87.